The van der Waals surface area contributed by atoms with Crippen LogP contribution in [0.5, 0.6) is 5.75 Å². The number of hydrogen-bond donors (Lipinski definition) is 1. The van der Waals surface area contributed by atoms with E-state index in [0.717, 1.165) is 26.1 Å². The average molecular weight is 412 g/mol. The molecule has 0 atom stereocenters. The van der Waals surface area contributed by atoms with Crippen LogP contribution >= 0.6 is 31.9 Å². The lowest BCUT2D eigenvalue weighted by Gasteiger charge is -2.09. The van der Waals surface area contributed by atoms with Gasteiger partial charge in [0.1, 0.15) is 12.4 Å². The maximum absolute atomic E-state index is 10.5. The van der Waals surface area contributed by atoms with Crippen LogP contribution in [0.2, 0.25) is 0 Å². The fraction of sp³-hybridized carbons (Fsp3) is 0.0625. The summed E-state index contributed by atoms with van der Waals surface area (Å²) in [4.78, 5) is 10.5. The Kier molecular flexibility index (Phi) is 5.59. The first kappa shape index (κ1) is 15.8. The minimum atomic E-state index is -0.971. The third-order valence-electron chi connectivity index (χ3n) is 2.68. The first-order valence-electron chi connectivity index (χ1n) is 6.12. The van der Waals surface area contributed by atoms with Crippen molar-refractivity contribution in [2.75, 3.05) is 0 Å². The van der Waals surface area contributed by atoms with Crippen molar-refractivity contribution in [3.63, 3.8) is 0 Å². The van der Waals surface area contributed by atoms with Gasteiger partial charge in [-0.05, 0) is 57.4 Å². The van der Waals surface area contributed by atoms with Crippen molar-refractivity contribution >= 4 is 43.9 Å². The summed E-state index contributed by atoms with van der Waals surface area (Å²) in [6.07, 6.45) is 2.63. The van der Waals surface area contributed by atoms with E-state index in [4.69, 9.17) is 9.84 Å². The van der Waals surface area contributed by atoms with Crippen molar-refractivity contribution in [3.05, 3.63) is 68.6 Å². The highest BCUT2D eigenvalue weighted by atomic mass is 79.9. The van der Waals surface area contributed by atoms with Gasteiger partial charge in [0.2, 0.25) is 0 Å². The van der Waals surface area contributed by atoms with Gasteiger partial charge >= 0.3 is 5.97 Å². The topological polar surface area (TPSA) is 46.5 Å². The van der Waals surface area contributed by atoms with Crippen molar-refractivity contribution in [1.82, 2.24) is 0 Å². The quantitative estimate of drug-likeness (QED) is 0.712. The van der Waals surface area contributed by atoms with Gasteiger partial charge < -0.3 is 9.84 Å². The Balaban J connectivity index is 2.04. The molecule has 0 aromatic heterocycles. The lowest BCUT2D eigenvalue weighted by Crippen LogP contribution is -1.96. The normalized spacial score (nSPS) is 10.8. The number of carbonyl (C=O) groups is 1. The van der Waals surface area contributed by atoms with Crippen molar-refractivity contribution in [2.24, 2.45) is 0 Å². The summed E-state index contributed by atoms with van der Waals surface area (Å²) >= 11 is 6.81. The van der Waals surface area contributed by atoms with E-state index >= 15 is 0 Å². The molecule has 0 aliphatic rings. The first-order valence-corrected chi connectivity index (χ1v) is 7.71. The van der Waals surface area contributed by atoms with Gasteiger partial charge in [-0.3, -0.25) is 0 Å². The lowest BCUT2D eigenvalue weighted by atomic mass is 10.2. The zero-order valence-corrected chi connectivity index (χ0v) is 14.1. The minimum absolute atomic E-state index is 0.468. The largest absolute Gasteiger partial charge is 0.488 e. The van der Waals surface area contributed by atoms with E-state index in [-0.39, 0.29) is 0 Å². The van der Waals surface area contributed by atoms with Gasteiger partial charge in [0.15, 0.2) is 0 Å². The van der Waals surface area contributed by atoms with Gasteiger partial charge in [0.05, 0.1) is 4.47 Å². The Morgan fingerprint density at radius 1 is 1.14 bits per heavy atom. The molecule has 5 heteroatoms. The monoisotopic (exact) mass is 410 g/mol. The summed E-state index contributed by atoms with van der Waals surface area (Å²) < 4.78 is 7.55. The van der Waals surface area contributed by atoms with Gasteiger partial charge in [-0.1, -0.05) is 34.1 Å². The number of hydrogen-bond acceptors (Lipinski definition) is 2. The highest BCUT2D eigenvalue weighted by molar-refractivity contribution is 9.10. The molecule has 2 aromatic rings. The molecular weight excluding hydrogens is 400 g/mol. The molecule has 2 rings (SSSR count). The van der Waals surface area contributed by atoms with Crippen LogP contribution in [0.4, 0.5) is 0 Å². The van der Waals surface area contributed by atoms with Crippen LogP contribution in [0.25, 0.3) is 6.08 Å². The van der Waals surface area contributed by atoms with Gasteiger partial charge in [-0.25, -0.2) is 4.79 Å². The zero-order chi connectivity index (χ0) is 15.2. The van der Waals surface area contributed by atoms with Crippen LogP contribution in [0.15, 0.2) is 57.5 Å². The Bertz CT molecular complexity index is 664. The smallest absolute Gasteiger partial charge is 0.328 e. The minimum Gasteiger partial charge on any atom is -0.488 e. The Hall–Kier alpha value is -1.59. The highest BCUT2D eigenvalue weighted by Crippen LogP contribution is 2.27. The second kappa shape index (κ2) is 7.43. The summed E-state index contributed by atoms with van der Waals surface area (Å²) in [7, 11) is 0. The Labute approximate surface area is 139 Å². The molecule has 0 fully saturated rings. The molecule has 0 radical (unpaired) electrons. The van der Waals surface area contributed by atoms with E-state index < -0.39 is 5.97 Å². The van der Waals surface area contributed by atoms with E-state index in [9.17, 15) is 4.79 Å². The molecule has 0 bridgehead atoms. The van der Waals surface area contributed by atoms with E-state index in [0.29, 0.717) is 12.4 Å². The molecule has 3 nitrogen and oxygen atoms in total. The molecule has 0 saturated carbocycles. The third-order valence-corrected chi connectivity index (χ3v) is 3.83. The number of benzene rings is 2. The first-order chi connectivity index (χ1) is 10.0. The van der Waals surface area contributed by atoms with E-state index in [2.05, 4.69) is 31.9 Å². The lowest BCUT2D eigenvalue weighted by molar-refractivity contribution is -0.131. The van der Waals surface area contributed by atoms with Crippen LogP contribution in [-0.2, 0) is 11.4 Å². The second-order valence-electron chi connectivity index (χ2n) is 4.28. The summed E-state index contributed by atoms with van der Waals surface area (Å²) in [5, 5.41) is 8.60. The molecule has 21 heavy (non-hydrogen) atoms. The SMILES string of the molecule is O=C(O)/C=C/c1ccc(OCc2ccc(Br)cc2)c(Br)c1. The number of ether oxygens (including phenoxy) is 1. The predicted octanol–water partition coefficient (Wildman–Crippen LogP) is 4.89. The van der Waals surface area contributed by atoms with E-state index in [1.54, 1.807) is 6.07 Å². The number of carboxylic acid groups (broad SMARTS) is 1. The third kappa shape index (κ3) is 5.02. The molecule has 0 aliphatic carbocycles. The molecule has 0 unspecified atom stereocenters. The summed E-state index contributed by atoms with van der Waals surface area (Å²) in [6.45, 7) is 0.468. The zero-order valence-electron chi connectivity index (χ0n) is 10.9. The van der Waals surface area contributed by atoms with Crippen LogP contribution in [0, 0.1) is 0 Å². The van der Waals surface area contributed by atoms with Gasteiger partial charge in [0, 0.05) is 10.5 Å². The van der Waals surface area contributed by atoms with Crippen molar-refractivity contribution in [3.8, 4) is 5.75 Å². The molecular formula is C16H12Br2O3. The Morgan fingerprint density at radius 3 is 2.48 bits per heavy atom. The molecule has 0 aliphatic heterocycles. The number of halogens is 2. The van der Waals surface area contributed by atoms with Crippen LogP contribution in [0.3, 0.4) is 0 Å². The molecule has 0 saturated heterocycles. The summed E-state index contributed by atoms with van der Waals surface area (Å²) in [5.41, 5.74) is 1.86. The maximum Gasteiger partial charge on any atom is 0.328 e. The van der Waals surface area contributed by atoms with Crippen LogP contribution < -0.4 is 4.74 Å². The fourth-order valence-electron chi connectivity index (χ4n) is 1.65. The standard InChI is InChI=1S/C16H12Br2O3/c17-13-5-1-12(2-6-13)10-21-15-7-3-11(9-14(15)18)4-8-16(19)20/h1-9H,10H2,(H,19,20)/b8-4+. The predicted molar refractivity (Wildman–Crippen MR) is 89.3 cm³/mol. The van der Waals surface area contributed by atoms with Crippen LogP contribution in [0.1, 0.15) is 11.1 Å². The molecule has 1 N–H and O–H groups in total. The number of carboxylic acids is 1. The van der Waals surface area contributed by atoms with Crippen molar-refractivity contribution < 1.29 is 14.6 Å². The van der Waals surface area contributed by atoms with Gasteiger partial charge in [-0.15, -0.1) is 0 Å². The van der Waals surface area contributed by atoms with Crippen molar-refractivity contribution in [2.45, 2.75) is 6.61 Å². The fourth-order valence-corrected chi connectivity index (χ4v) is 2.42. The molecule has 2 aromatic carbocycles. The molecule has 108 valence electrons. The maximum atomic E-state index is 10.5. The van der Waals surface area contributed by atoms with Gasteiger partial charge in [-0.2, -0.15) is 0 Å². The van der Waals surface area contributed by atoms with E-state index in [1.165, 1.54) is 6.08 Å². The summed E-state index contributed by atoms with van der Waals surface area (Å²) in [5.74, 6) is -0.257. The van der Waals surface area contributed by atoms with Crippen LogP contribution in [-0.4, -0.2) is 11.1 Å². The Morgan fingerprint density at radius 2 is 1.86 bits per heavy atom. The molecule has 0 heterocycles. The van der Waals surface area contributed by atoms with E-state index in [1.807, 2.05) is 36.4 Å². The number of rotatable bonds is 5. The molecule has 0 amide bonds. The second-order valence-corrected chi connectivity index (χ2v) is 6.05. The summed E-state index contributed by atoms with van der Waals surface area (Å²) in [6, 6.07) is 13.3. The van der Waals surface area contributed by atoms with Gasteiger partial charge in [0.25, 0.3) is 0 Å². The average Bonchev–Trinajstić information content (AvgIpc) is 2.46. The number of aliphatic carboxylic acids is 1. The highest BCUT2D eigenvalue weighted by Gasteiger charge is 2.03. The van der Waals surface area contributed by atoms with Crippen molar-refractivity contribution in [1.29, 1.82) is 0 Å². The molecule has 0 spiro atoms.